The summed E-state index contributed by atoms with van der Waals surface area (Å²) in [5.74, 6) is -7.06. The van der Waals surface area contributed by atoms with Crippen LogP contribution in [-0.2, 0) is 11.0 Å². The van der Waals surface area contributed by atoms with Crippen LogP contribution in [0.15, 0.2) is 36.4 Å². The molecule has 0 aliphatic rings. The Hall–Kier alpha value is -2.82. The summed E-state index contributed by atoms with van der Waals surface area (Å²) >= 11 is 0. The first kappa shape index (κ1) is 25.4. The molecular formula is C21H20F7NO3. The number of halogens is 7. The van der Waals surface area contributed by atoms with E-state index >= 15 is 0 Å². The first-order chi connectivity index (χ1) is 14.6. The van der Waals surface area contributed by atoms with Crippen molar-refractivity contribution in [3.8, 4) is 16.9 Å². The average molecular weight is 467 g/mol. The summed E-state index contributed by atoms with van der Waals surface area (Å²) in [6.07, 6.45) is -11.7. The molecule has 4 nitrogen and oxygen atoms in total. The Morgan fingerprint density at radius 1 is 1.03 bits per heavy atom. The number of aliphatic carboxylic acids is 1. The van der Waals surface area contributed by atoms with Crippen molar-refractivity contribution in [1.29, 1.82) is 0 Å². The van der Waals surface area contributed by atoms with Crippen molar-refractivity contribution in [2.75, 3.05) is 0 Å². The smallest absolute Gasteiger partial charge is 0.416 e. The number of aromatic hydroxyl groups is 1. The van der Waals surface area contributed by atoms with Crippen LogP contribution in [0, 0.1) is 11.7 Å². The van der Waals surface area contributed by atoms with Gasteiger partial charge in [-0.25, -0.2) is 4.39 Å². The van der Waals surface area contributed by atoms with E-state index in [1.807, 2.05) is 0 Å². The zero-order chi connectivity index (χ0) is 24.4. The van der Waals surface area contributed by atoms with Gasteiger partial charge in [-0.1, -0.05) is 25.1 Å². The summed E-state index contributed by atoms with van der Waals surface area (Å²) in [4.78, 5) is 10.9. The molecule has 0 radical (unpaired) electrons. The van der Waals surface area contributed by atoms with Crippen molar-refractivity contribution >= 4 is 5.97 Å². The third-order valence-corrected chi connectivity index (χ3v) is 5.02. The first-order valence-electron chi connectivity index (χ1n) is 9.37. The zero-order valence-electron chi connectivity index (χ0n) is 16.6. The number of carboxylic acids is 1. The Bertz CT molecular complexity index is 973. The molecule has 2 unspecified atom stereocenters. The Kier molecular flexibility index (Phi) is 7.44. The third kappa shape index (κ3) is 5.90. The molecule has 0 aliphatic carbocycles. The number of phenols is 1. The molecule has 2 rings (SSSR count). The largest absolute Gasteiger partial charge is 0.507 e. The number of benzene rings is 2. The van der Waals surface area contributed by atoms with Crippen molar-refractivity contribution in [2.45, 2.75) is 44.1 Å². The van der Waals surface area contributed by atoms with Crippen LogP contribution in [0.4, 0.5) is 30.7 Å². The number of phenolic OH excluding ortho intramolecular Hbond substituents is 1. The van der Waals surface area contributed by atoms with Gasteiger partial charge >= 0.3 is 18.3 Å². The van der Waals surface area contributed by atoms with Crippen molar-refractivity contribution in [3.05, 3.63) is 53.3 Å². The fraction of sp³-hybridized carbons (Fsp3) is 0.381. The van der Waals surface area contributed by atoms with Crippen LogP contribution >= 0.6 is 0 Å². The van der Waals surface area contributed by atoms with E-state index in [9.17, 15) is 40.6 Å². The van der Waals surface area contributed by atoms with Gasteiger partial charge in [-0.05, 0) is 42.5 Å². The molecule has 0 fully saturated rings. The van der Waals surface area contributed by atoms with E-state index in [4.69, 9.17) is 10.8 Å². The van der Waals surface area contributed by atoms with Crippen molar-refractivity contribution < 1.29 is 45.7 Å². The summed E-state index contributed by atoms with van der Waals surface area (Å²) in [5.41, 5.74) is 1.39. The lowest BCUT2D eigenvalue weighted by molar-refractivity contribution is -0.159. The molecule has 0 aliphatic heterocycles. The lowest BCUT2D eigenvalue weighted by Gasteiger charge is -2.28. The molecule has 4 N–H and O–H groups in total. The molecule has 0 amide bonds. The van der Waals surface area contributed by atoms with E-state index in [2.05, 4.69) is 0 Å². The van der Waals surface area contributed by atoms with Crippen LogP contribution in [0.1, 0.15) is 36.8 Å². The number of hydrogen-bond acceptors (Lipinski definition) is 3. The highest BCUT2D eigenvalue weighted by atomic mass is 19.4. The highest BCUT2D eigenvalue weighted by Gasteiger charge is 2.46. The Morgan fingerprint density at radius 2 is 1.62 bits per heavy atom. The number of alkyl halides is 6. The predicted octanol–water partition coefficient (Wildman–Crippen LogP) is 5.69. The van der Waals surface area contributed by atoms with Gasteiger partial charge in [-0.2, -0.15) is 26.3 Å². The second-order valence-corrected chi connectivity index (χ2v) is 7.55. The van der Waals surface area contributed by atoms with Crippen molar-refractivity contribution in [3.63, 3.8) is 0 Å². The Balaban J connectivity index is 2.62. The molecular weight excluding hydrogens is 447 g/mol. The molecule has 2 aromatic rings. The van der Waals surface area contributed by atoms with E-state index in [0.29, 0.717) is 6.07 Å². The molecule has 32 heavy (non-hydrogen) atoms. The molecule has 0 aromatic heterocycles. The Morgan fingerprint density at radius 3 is 2.12 bits per heavy atom. The van der Waals surface area contributed by atoms with E-state index in [0.717, 1.165) is 12.1 Å². The second-order valence-electron chi connectivity index (χ2n) is 7.55. The maximum absolute atomic E-state index is 14.1. The maximum atomic E-state index is 14.1. The predicted molar refractivity (Wildman–Crippen MR) is 101 cm³/mol. The van der Waals surface area contributed by atoms with Crippen LogP contribution in [0.5, 0.6) is 5.75 Å². The van der Waals surface area contributed by atoms with Gasteiger partial charge in [0.15, 0.2) is 0 Å². The van der Waals surface area contributed by atoms with Crippen LogP contribution in [0.2, 0.25) is 0 Å². The minimum atomic E-state index is -5.24. The summed E-state index contributed by atoms with van der Waals surface area (Å²) in [7, 11) is 0. The minimum Gasteiger partial charge on any atom is -0.507 e. The van der Waals surface area contributed by atoms with Gasteiger partial charge in [-0.15, -0.1) is 0 Å². The lowest BCUT2D eigenvalue weighted by atomic mass is 9.82. The summed E-state index contributed by atoms with van der Waals surface area (Å²) in [6.45, 7) is 1.24. The first-order valence-corrected chi connectivity index (χ1v) is 9.37. The fourth-order valence-corrected chi connectivity index (χ4v) is 3.50. The summed E-state index contributed by atoms with van der Waals surface area (Å²) in [6, 6.07) is 3.71. The van der Waals surface area contributed by atoms with E-state index < -0.39 is 82.9 Å². The SMILES string of the molecule is CC(CC(c1cc(O)c(-c2ccccc2F)cc1C(F)(F)F)C(F)(F)F)C[C@H](N)C(=O)O. The number of carboxylic acid groups (broad SMARTS) is 1. The van der Waals surface area contributed by atoms with Gasteiger partial charge in [0.25, 0.3) is 0 Å². The molecule has 0 saturated heterocycles. The van der Waals surface area contributed by atoms with E-state index in [1.54, 1.807) is 0 Å². The number of hydrogen-bond donors (Lipinski definition) is 3. The zero-order valence-corrected chi connectivity index (χ0v) is 16.6. The van der Waals surface area contributed by atoms with E-state index in [-0.39, 0.29) is 6.07 Å². The molecule has 0 spiro atoms. The molecule has 0 bridgehead atoms. The number of rotatable bonds is 7. The molecule has 0 saturated carbocycles. The number of carbonyl (C=O) groups is 1. The van der Waals surface area contributed by atoms with Crippen molar-refractivity contribution in [1.82, 2.24) is 0 Å². The van der Waals surface area contributed by atoms with Gasteiger partial charge in [0.2, 0.25) is 0 Å². The highest BCUT2D eigenvalue weighted by molar-refractivity contribution is 5.73. The summed E-state index contributed by atoms with van der Waals surface area (Å²) in [5, 5.41) is 19.1. The highest BCUT2D eigenvalue weighted by Crippen LogP contribution is 2.48. The van der Waals surface area contributed by atoms with Gasteiger partial charge in [-0.3, -0.25) is 4.79 Å². The molecule has 176 valence electrons. The second kappa shape index (κ2) is 9.35. The standard InChI is InChI=1S/C21H20F7NO3/c1-10(7-17(29)19(31)32)6-14(20(23,24)25)13-9-18(30)12(8-15(13)21(26,27)28)11-4-2-3-5-16(11)22/h2-5,8-10,14,17,30H,6-7,29H2,1H3,(H,31,32)/t10?,14?,17-/m0/s1. The lowest BCUT2D eigenvalue weighted by Crippen LogP contribution is -2.33. The monoisotopic (exact) mass is 467 g/mol. The topological polar surface area (TPSA) is 83.5 Å². The minimum absolute atomic E-state index is 0.287. The average Bonchev–Trinajstić information content (AvgIpc) is 2.64. The fourth-order valence-electron chi connectivity index (χ4n) is 3.50. The maximum Gasteiger partial charge on any atom is 0.416 e. The Labute approximate surface area is 178 Å². The van der Waals surface area contributed by atoms with Gasteiger partial charge < -0.3 is 15.9 Å². The van der Waals surface area contributed by atoms with Crippen molar-refractivity contribution in [2.24, 2.45) is 11.7 Å². The molecule has 3 atom stereocenters. The van der Waals surface area contributed by atoms with Crippen LogP contribution in [-0.4, -0.2) is 28.4 Å². The third-order valence-electron chi connectivity index (χ3n) is 5.02. The molecule has 2 aromatic carbocycles. The van der Waals surface area contributed by atoms with Gasteiger partial charge in [0.1, 0.15) is 17.6 Å². The molecule has 0 heterocycles. The quantitative estimate of drug-likeness (QED) is 0.457. The van der Waals surface area contributed by atoms with Crippen LogP contribution < -0.4 is 5.73 Å². The van der Waals surface area contributed by atoms with Gasteiger partial charge in [0.05, 0.1) is 11.5 Å². The normalized spacial score (nSPS) is 15.3. The summed E-state index contributed by atoms with van der Waals surface area (Å²) < 4.78 is 96.7. The van der Waals surface area contributed by atoms with Crippen LogP contribution in [0.3, 0.4) is 0 Å². The molecule has 11 heteroatoms. The van der Waals surface area contributed by atoms with E-state index in [1.165, 1.54) is 19.1 Å². The number of nitrogens with two attached hydrogens (primary N) is 1. The van der Waals surface area contributed by atoms with Gasteiger partial charge in [0, 0.05) is 11.1 Å². The van der Waals surface area contributed by atoms with Crippen LogP contribution in [0.25, 0.3) is 11.1 Å².